The average Bonchev–Trinajstić information content (AvgIpc) is 2.53. The third-order valence-electron chi connectivity index (χ3n) is 4.10. The Labute approximate surface area is 134 Å². The first-order valence-corrected chi connectivity index (χ1v) is 7.96. The summed E-state index contributed by atoms with van der Waals surface area (Å²) in [7, 11) is 0. The van der Waals surface area contributed by atoms with E-state index in [9.17, 15) is 18.0 Å². The summed E-state index contributed by atoms with van der Waals surface area (Å²) in [6.45, 7) is 2.72. The van der Waals surface area contributed by atoms with E-state index in [1.54, 1.807) is 0 Å². The summed E-state index contributed by atoms with van der Waals surface area (Å²) in [5, 5.41) is 0. The molecule has 1 unspecified atom stereocenters. The lowest BCUT2D eigenvalue weighted by molar-refractivity contribution is -0.188. The summed E-state index contributed by atoms with van der Waals surface area (Å²) in [6, 6.07) is 7.44. The first kappa shape index (κ1) is 17.6. The van der Waals surface area contributed by atoms with E-state index in [2.05, 4.69) is 0 Å². The van der Waals surface area contributed by atoms with Crippen LogP contribution in [0.15, 0.2) is 24.3 Å². The number of halogens is 3. The number of benzene rings is 1. The van der Waals surface area contributed by atoms with Gasteiger partial charge in [-0.2, -0.15) is 13.2 Å². The van der Waals surface area contributed by atoms with Crippen molar-refractivity contribution in [1.82, 2.24) is 4.90 Å². The Kier molecular flexibility index (Phi) is 5.91. The van der Waals surface area contributed by atoms with Crippen molar-refractivity contribution in [3.05, 3.63) is 29.8 Å². The van der Waals surface area contributed by atoms with Crippen molar-refractivity contribution >= 4 is 5.91 Å². The van der Waals surface area contributed by atoms with Crippen LogP contribution in [0.4, 0.5) is 13.2 Å². The number of piperidine rings is 1. The van der Waals surface area contributed by atoms with Crippen LogP contribution in [0.3, 0.4) is 0 Å². The van der Waals surface area contributed by atoms with Crippen molar-refractivity contribution in [2.45, 2.75) is 38.8 Å². The molecule has 0 spiro atoms. The number of hydrogen-bond acceptors (Lipinski definition) is 2. The molecule has 1 aliphatic rings. The fraction of sp³-hybridized carbons (Fsp3) is 0.588. The van der Waals surface area contributed by atoms with E-state index in [1.807, 2.05) is 31.2 Å². The van der Waals surface area contributed by atoms with E-state index in [-0.39, 0.29) is 25.3 Å². The van der Waals surface area contributed by atoms with Gasteiger partial charge in [-0.15, -0.1) is 0 Å². The fourth-order valence-corrected chi connectivity index (χ4v) is 2.80. The molecule has 1 amide bonds. The standard InChI is InChI=1S/C17H22F3NO2/c1-2-23-15-8-5-13(6-9-15)7-10-16(22)21-11-3-4-14(12-21)17(18,19)20/h5-6,8-9,14H,2-4,7,10-12H2,1H3. The Morgan fingerprint density at radius 2 is 2.00 bits per heavy atom. The predicted molar refractivity (Wildman–Crippen MR) is 81.3 cm³/mol. The van der Waals surface area contributed by atoms with Crippen LogP contribution in [-0.2, 0) is 11.2 Å². The highest BCUT2D eigenvalue weighted by molar-refractivity contribution is 5.76. The molecule has 0 radical (unpaired) electrons. The summed E-state index contributed by atoms with van der Waals surface area (Å²) < 4.78 is 43.7. The third kappa shape index (κ3) is 5.15. The lowest BCUT2D eigenvalue weighted by Crippen LogP contribution is -2.44. The summed E-state index contributed by atoms with van der Waals surface area (Å²) in [5.41, 5.74) is 0.978. The fourth-order valence-electron chi connectivity index (χ4n) is 2.80. The largest absolute Gasteiger partial charge is 0.494 e. The molecule has 23 heavy (non-hydrogen) atoms. The first-order valence-electron chi connectivity index (χ1n) is 7.96. The minimum absolute atomic E-state index is 0.117. The summed E-state index contributed by atoms with van der Waals surface area (Å²) in [4.78, 5) is 13.5. The Bertz CT molecular complexity index is 514. The molecule has 6 heteroatoms. The van der Waals surface area contributed by atoms with Crippen LogP contribution < -0.4 is 4.74 Å². The Balaban J connectivity index is 1.84. The van der Waals surface area contributed by atoms with Gasteiger partial charge in [-0.3, -0.25) is 4.79 Å². The van der Waals surface area contributed by atoms with Gasteiger partial charge in [0.2, 0.25) is 5.91 Å². The quantitative estimate of drug-likeness (QED) is 0.822. The van der Waals surface area contributed by atoms with E-state index in [0.717, 1.165) is 11.3 Å². The van der Waals surface area contributed by atoms with Gasteiger partial charge in [0.25, 0.3) is 0 Å². The molecular weight excluding hydrogens is 307 g/mol. The Hall–Kier alpha value is -1.72. The van der Waals surface area contributed by atoms with Crippen molar-refractivity contribution in [2.24, 2.45) is 5.92 Å². The molecule has 3 nitrogen and oxygen atoms in total. The number of nitrogens with zero attached hydrogens (tertiary/aromatic N) is 1. The molecule has 1 aromatic carbocycles. The Morgan fingerprint density at radius 1 is 1.30 bits per heavy atom. The number of amides is 1. The van der Waals surface area contributed by atoms with Crippen molar-refractivity contribution in [3.63, 3.8) is 0 Å². The molecule has 1 aromatic rings. The lowest BCUT2D eigenvalue weighted by Gasteiger charge is -2.33. The zero-order chi connectivity index (χ0) is 16.9. The molecule has 0 bridgehead atoms. The zero-order valence-electron chi connectivity index (χ0n) is 13.2. The molecule has 1 heterocycles. The van der Waals surface area contributed by atoms with Gasteiger partial charge in [-0.25, -0.2) is 0 Å². The molecule has 0 saturated carbocycles. The monoisotopic (exact) mass is 329 g/mol. The van der Waals surface area contributed by atoms with E-state index >= 15 is 0 Å². The van der Waals surface area contributed by atoms with Gasteiger partial charge in [0, 0.05) is 19.5 Å². The number of ether oxygens (including phenoxy) is 1. The number of alkyl halides is 3. The molecule has 2 rings (SSSR count). The van der Waals surface area contributed by atoms with Gasteiger partial charge in [0.05, 0.1) is 12.5 Å². The number of likely N-dealkylation sites (tertiary alicyclic amines) is 1. The van der Waals surface area contributed by atoms with Crippen LogP contribution in [0.25, 0.3) is 0 Å². The average molecular weight is 329 g/mol. The number of carbonyl (C=O) groups excluding carboxylic acids is 1. The van der Waals surface area contributed by atoms with E-state index in [4.69, 9.17) is 4.74 Å². The summed E-state index contributed by atoms with van der Waals surface area (Å²) in [6.07, 6.45) is -2.92. The van der Waals surface area contributed by atoms with Crippen LogP contribution in [0, 0.1) is 5.92 Å². The molecule has 0 aliphatic carbocycles. The Morgan fingerprint density at radius 3 is 2.61 bits per heavy atom. The van der Waals surface area contributed by atoms with Crippen molar-refractivity contribution in [1.29, 1.82) is 0 Å². The van der Waals surface area contributed by atoms with E-state index < -0.39 is 12.1 Å². The smallest absolute Gasteiger partial charge is 0.393 e. The van der Waals surface area contributed by atoms with Crippen molar-refractivity contribution < 1.29 is 22.7 Å². The second kappa shape index (κ2) is 7.70. The third-order valence-corrected chi connectivity index (χ3v) is 4.10. The van der Waals surface area contributed by atoms with E-state index in [1.165, 1.54) is 4.90 Å². The van der Waals surface area contributed by atoms with Crippen LogP contribution >= 0.6 is 0 Å². The summed E-state index contributed by atoms with van der Waals surface area (Å²) in [5.74, 6) is -0.815. The maximum atomic E-state index is 12.8. The molecule has 1 fully saturated rings. The first-order chi connectivity index (χ1) is 10.9. The second-order valence-corrected chi connectivity index (χ2v) is 5.80. The highest BCUT2D eigenvalue weighted by Gasteiger charge is 2.42. The minimum atomic E-state index is -4.21. The molecule has 1 saturated heterocycles. The van der Waals surface area contributed by atoms with Gasteiger partial charge in [0.15, 0.2) is 0 Å². The molecule has 1 atom stereocenters. The van der Waals surface area contributed by atoms with Crippen LogP contribution in [0.2, 0.25) is 0 Å². The second-order valence-electron chi connectivity index (χ2n) is 5.80. The zero-order valence-corrected chi connectivity index (χ0v) is 13.2. The highest BCUT2D eigenvalue weighted by atomic mass is 19.4. The normalized spacial score (nSPS) is 18.8. The highest BCUT2D eigenvalue weighted by Crippen LogP contribution is 2.33. The van der Waals surface area contributed by atoms with Crippen molar-refractivity contribution in [2.75, 3.05) is 19.7 Å². The molecule has 0 N–H and O–H groups in total. The number of aryl methyl sites for hydroxylation is 1. The number of carbonyl (C=O) groups is 1. The minimum Gasteiger partial charge on any atom is -0.494 e. The predicted octanol–water partition coefficient (Wildman–Crippen LogP) is 3.82. The topological polar surface area (TPSA) is 29.5 Å². The van der Waals surface area contributed by atoms with Gasteiger partial charge < -0.3 is 9.64 Å². The van der Waals surface area contributed by atoms with Crippen LogP contribution in [0.1, 0.15) is 31.7 Å². The van der Waals surface area contributed by atoms with Gasteiger partial charge in [0.1, 0.15) is 5.75 Å². The molecular formula is C17H22F3NO2. The molecule has 128 valence electrons. The maximum Gasteiger partial charge on any atom is 0.393 e. The maximum absolute atomic E-state index is 12.8. The van der Waals surface area contributed by atoms with Gasteiger partial charge >= 0.3 is 6.18 Å². The molecule has 0 aromatic heterocycles. The molecule has 1 aliphatic heterocycles. The van der Waals surface area contributed by atoms with E-state index in [0.29, 0.717) is 26.0 Å². The van der Waals surface area contributed by atoms with Gasteiger partial charge in [-0.05, 0) is 43.9 Å². The van der Waals surface area contributed by atoms with Crippen LogP contribution in [0.5, 0.6) is 5.75 Å². The van der Waals surface area contributed by atoms with Gasteiger partial charge in [-0.1, -0.05) is 12.1 Å². The lowest BCUT2D eigenvalue weighted by atomic mass is 9.97. The number of rotatable bonds is 5. The van der Waals surface area contributed by atoms with Crippen LogP contribution in [-0.4, -0.2) is 36.7 Å². The summed E-state index contributed by atoms with van der Waals surface area (Å²) >= 11 is 0. The van der Waals surface area contributed by atoms with Crippen molar-refractivity contribution in [3.8, 4) is 5.75 Å². The SMILES string of the molecule is CCOc1ccc(CCC(=O)N2CCCC(C(F)(F)F)C2)cc1. The number of hydrogen-bond donors (Lipinski definition) is 0.